The van der Waals surface area contributed by atoms with Crippen molar-refractivity contribution in [2.75, 3.05) is 0 Å². The van der Waals surface area contributed by atoms with Gasteiger partial charge in [0.25, 0.3) is 0 Å². The Bertz CT molecular complexity index is 1330. The predicted molar refractivity (Wildman–Crippen MR) is 131 cm³/mol. The molecule has 0 spiro atoms. The van der Waals surface area contributed by atoms with E-state index in [4.69, 9.17) is 15.1 Å². The fourth-order valence-electron chi connectivity index (χ4n) is 3.26. The van der Waals surface area contributed by atoms with Crippen LogP contribution in [-0.4, -0.2) is 21.4 Å². The maximum atomic E-state index is 10.1. The molecule has 1 radical (unpaired) electrons. The normalized spacial score (nSPS) is 9.76. The number of aldehydes is 1. The third kappa shape index (κ3) is 6.10. The van der Waals surface area contributed by atoms with Gasteiger partial charge in [-0.05, 0) is 17.7 Å². The van der Waals surface area contributed by atoms with Gasteiger partial charge in [0.15, 0.2) is 6.29 Å². The number of phenols is 1. The molecule has 169 valence electrons. The molecule has 34 heavy (non-hydrogen) atoms. The average Bonchev–Trinajstić information content (AvgIpc) is 2.90. The number of hydrogen-bond acceptors (Lipinski definition) is 4. The van der Waals surface area contributed by atoms with Crippen LogP contribution < -0.4 is 0 Å². The van der Waals surface area contributed by atoms with Gasteiger partial charge in [-0.15, -0.1) is 35.9 Å². The van der Waals surface area contributed by atoms with E-state index in [1.807, 2.05) is 79.0 Å². The van der Waals surface area contributed by atoms with Crippen LogP contribution in [0.3, 0.4) is 0 Å². The van der Waals surface area contributed by atoms with Gasteiger partial charge in [-0.2, -0.15) is 0 Å². The van der Waals surface area contributed by atoms with E-state index >= 15 is 0 Å². The van der Waals surface area contributed by atoms with Gasteiger partial charge in [0.05, 0.1) is 17.0 Å². The van der Waals surface area contributed by atoms with Crippen LogP contribution in [0.5, 0.6) is 5.75 Å². The summed E-state index contributed by atoms with van der Waals surface area (Å²) in [4.78, 5) is 19.7. The molecule has 0 atom stereocenters. The predicted octanol–water partition coefficient (Wildman–Crippen LogP) is 6.48. The number of para-hydroxylation sites is 1. The number of aromatic hydroxyl groups is 1. The zero-order chi connectivity index (χ0) is 22.9. The van der Waals surface area contributed by atoms with Gasteiger partial charge in [0.1, 0.15) is 5.75 Å². The third-order valence-electron chi connectivity index (χ3n) is 4.92. The number of phenolic OH excluding ortho intramolecular Hbond substituents is 1. The van der Waals surface area contributed by atoms with Crippen LogP contribution in [0.25, 0.3) is 33.8 Å². The van der Waals surface area contributed by atoms with E-state index in [0.717, 1.165) is 33.8 Å². The zero-order valence-corrected chi connectivity index (χ0v) is 20.5. The first-order valence-corrected chi connectivity index (χ1v) is 10.4. The van der Waals surface area contributed by atoms with Gasteiger partial charge in [-0.25, -0.2) is 0 Å². The molecule has 0 saturated carbocycles. The fourth-order valence-corrected chi connectivity index (χ4v) is 3.26. The molecule has 0 bridgehead atoms. The number of hydrogen-bond donors (Lipinski definition) is 1. The van der Waals surface area contributed by atoms with Crippen LogP contribution in [0.1, 0.15) is 10.4 Å². The molecule has 1 aromatic heterocycles. The van der Waals surface area contributed by atoms with E-state index in [2.05, 4.69) is 18.2 Å². The molecule has 0 fully saturated rings. The van der Waals surface area contributed by atoms with Gasteiger partial charge in [0.2, 0.25) is 0 Å². The quantitative estimate of drug-likeness (QED) is 0.184. The van der Waals surface area contributed by atoms with Crippen molar-refractivity contribution >= 4 is 6.29 Å². The van der Waals surface area contributed by atoms with Crippen LogP contribution in [0, 0.1) is 6.07 Å². The molecule has 0 aliphatic rings. The van der Waals surface area contributed by atoms with Gasteiger partial charge in [-0.1, -0.05) is 72.8 Å². The summed E-state index contributed by atoms with van der Waals surface area (Å²) in [7, 11) is 0. The molecule has 5 aromatic rings. The van der Waals surface area contributed by atoms with E-state index in [-0.39, 0.29) is 25.9 Å². The topological polar surface area (TPSA) is 63.1 Å². The SMILES string of the molecule is O=Cc1ccccc1O.[Ir].[c-]1ccccc1-c1ncc(-c2ccccc2)nc1-c1ccccc1. The summed E-state index contributed by atoms with van der Waals surface area (Å²) in [5, 5.41) is 8.88. The maximum absolute atomic E-state index is 10.1. The maximum Gasteiger partial charge on any atom is 0.153 e. The molecular weight excluding hydrogens is 601 g/mol. The minimum atomic E-state index is 0. The third-order valence-corrected chi connectivity index (χ3v) is 4.92. The second-order valence-electron chi connectivity index (χ2n) is 7.14. The molecular formula is C29H21IrN2O2-. The second-order valence-corrected chi connectivity index (χ2v) is 7.14. The summed E-state index contributed by atoms with van der Waals surface area (Å²) in [6.45, 7) is 0. The van der Waals surface area contributed by atoms with Crippen LogP contribution in [0.2, 0.25) is 0 Å². The number of carbonyl (C=O) groups excluding carboxylic acids is 1. The Hall–Kier alpha value is -3.92. The average molecular weight is 622 g/mol. The Labute approximate surface area is 212 Å². The summed E-state index contributed by atoms with van der Waals surface area (Å²) >= 11 is 0. The van der Waals surface area contributed by atoms with E-state index in [1.165, 1.54) is 6.07 Å². The van der Waals surface area contributed by atoms with Crippen LogP contribution >= 0.6 is 0 Å². The van der Waals surface area contributed by atoms with E-state index in [0.29, 0.717) is 11.8 Å². The first kappa shape index (κ1) is 24.7. The van der Waals surface area contributed by atoms with Crippen molar-refractivity contribution in [2.24, 2.45) is 0 Å². The number of aromatic nitrogens is 2. The van der Waals surface area contributed by atoms with Crippen molar-refractivity contribution in [3.63, 3.8) is 0 Å². The number of benzene rings is 4. The summed E-state index contributed by atoms with van der Waals surface area (Å²) in [6.07, 6.45) is 2.45. The molecule has 0 amide bonds. The van der Waals surface area contributed by atoms with E-state index in [1.54, 1.807) is 18.2 Å². The molecule has 1 N–H and O–H groups in total. The molecule has 5 heteroatoms. The fraction of sp³-hybridized carbons (Fsp3) is 0. The number of carbonyl (C=O) groups is 1. The summed E-state index contributed by atoms with van der Waals surface area (Å²) in [6, 6.07) is 37.8. The van der Waals surface area contributed by atoms with E-state index in [9.17, 15) is 4.79 Å². The second kappa shape index (κ2) is 12.4. The molecule has 4 aromatic carbocycles. The van der Waals surface area contributed by atoms with E-state index < -0.39 is 0 Å². The van der Waals surface area contributed by atoms with Crippen molar-refractivity contribution in [3.8, 4) is 39.5 Å². The monoisotopic (exact) mass is 622 g/mol. The standard InChI is InChI=1S/C22H15N2.C7H6O2.Ir/c1-4-10-17(11-5-1)20-16-23-21(18-12-6-2-7-13-18)22(24-20)19-14-8-3-9-15-19;8-5-6-3-1-2-4-7(6)9;/h1-12,14-16H;1-5,9H;/q-1;;. The Morgan fingerprint density at radius 1 is 0.706 bits per heavy atom. The van der Waals surface area contributed by atoms with Gasteiger partial charge >= 0.3 is 0 Å². The van der Waals surface area contributed by atoms with Crippen molar-refractivity contribution in [3.05, 3.63) is 127 Å². The number of rotatable bonds is 4. The zero-order valence-electron chi connectivity index (χ0n) is 18.1. The van der Waals surface area contributed by atoms with Crippen molar-refractivity contribution < 1.29 is 30.0 Å². The summed E-state index contributed by atoms with van der Waals surface area (Å²) in [5.74, 6) is 0.0347. The Kier molecular flexibility index (Phi) is 8.98. The first-order valence-electron chi connectivity index (χ1n) is 10.4. The molecule has 4 nitrogen and oxygen atoms in total. The summed E-state index contributed by atoms with van der Waals surface area (Å²) < 4.78 is 0. The first-order chi connectivity index (χ1) is 16.3. The van der Waals surface area contributed by atoms with Gasteiger partial charge < -0.3 is 10.1 Å². The molecule has 0 unspecified atom stereocenters. The minimum absolute atomic E-state index is 0. The van der Waals surface area contributed by atoms with Crippen molar-refractivity contribution in [1.82, 2.24) is 9.97 Å². The number of nitrogens with zero attached hydrogens (tertiary/aromatic N) is 2. The van der Waals surface area contributed by atoms with Gasteiger partial charge in [-0.3, -0.25) is 9.78 Å². The Balaban J connectivity index is 0.000000275. The summed E-state index contributed by atoms with van der Waals surface area (Å²) in [5.41, 5.74) is 5.98. The van der Waals surface area contributed by atoms with Gasteiger partial charge in [0, 0.05) is 37.6 Å². The van der Waals surface area contributed by atoms with Crippen molar-refractivity contribution in [1.29, 1.82) is 0 Å². The largest absolute Gasteiger partial charge is 0.507 e. The Morgan fingerprint density at radius 3 is 1.91 bits per heavy atom. The molecule has 1 heterocycles. The van der Waals surface area contributed by atoms with Crippen LogP contribution in [0.15, 0.2) is 115 Å². The molecule has 0 aliphatic carbocycles. The smallest absolute Gasteiger partial charge is 0.153 e. The minimum Gasteiger partial charge on any atom is -0.507 e. The molecule has 0 saturated heterocycles. The van der Waals surface area contributed by atoms with Crippen LogP contribution in [0.4, 0.5) is 0 Å². The molecule has 0 aliphatic heterocycles. The van der Waals surface area contributed by atoms with Crippen LogP contribution in [-0.2, 0) is 20.1 Å². The van der Waals surface area contributed by atoms with Crippen molar-refractivity contribution in [2.45, 2.75) is 0 Å². The molecule has 5 rings (SSSR count). The Morgan fingerprint density at radius 2 is 1.32 bits per heavy atom.